The number of hydrogen-bond donors (Lipinski definition) is 1. The summed E-state index contributed by atoms with van der Waals surface area (Å²) < 4.78 is 49.0. The molecule has 3 fully saturated rings. The average molecular weight is 506 g/mol. The summed E-state index contributed by atoms with van der Waals surface area (Å²) in [5.41, 5.74) is -0.651. The van der Waals surface area contributed by atoms with Crippen molar-refractivity contribution >= 4 is 11.9 Å². The lowest BCUT2D eigenvalue weighted by atomic mass is 9.48. The van der Waals surface area contributed by atoms with Crippen LogP contribution in [0.2, 0.25) is 0 Å². The van der Waals surface area contributed by atoms with E-state index in [1.165, 1.54) is 12.1 Å². The molecule has 196 valence electrons. The number of ether oxygens (including phenoxy) is 2. The van der Waals surface area contributed by atoms with Gasteiger partial charge in [0.2, 0.25) is 5.91 Å². The van der Waals surface area contributed by atoms with Gasteiger partial charge in [0, 0.05) is 11.5 Å². The van der Waals surface area contributed by atoms with E-state index in [-0.39, 0.29) is 41.1 Å². The van der Waals surface area contributed by atoms with E-state index in [0.29, 0.717) is 24.4 Å². The Labute approximate surface area is 209 Å². The minimum absolute atomic E-state index is 0.00164. The van der Waals surface area contributed by atoms with Gasteiger partial charge in [-0.3, -0.25) is 4.79 Å². The van der Waals surface area contributed by atoms with Crippen molar-refractivity contribution in [1.82, 2.24) is 5.32 Å². The van der Waals surface area contributed by atoms with Crippen LogP contribution in [0, 0.1) is 34.5 Å². The normalized spacial score (nSPS) is 37.4. The first-order chi connectivity index (χ1) is 17.0. The van der Waals surface area contributed by atoms with Crippen molar-refractivity contribution in [2.24, 2.45) is 34.5 Å². The fraction of sp³-hybridized carbons (Fsp3) is 0.643. The molecule has 0 radical (unpaired) electrons. The van der Waals surface area contributed by atoms with Gasteiger partial charge >= 0.3 is 12.1 Å². The summed E-state index contributed by atoms with van der Waals surface area (Å²) in [6.45, 7) is 4.67. The molecule has 1 aromatic carbocycles. The molecule has 0 saturated heterocycles. The second kappa shape index (κ2) is 9.10. The molecule has 5 nitrogen and oxygen atoms in total. The molecule has 7 atom stereocenters. The van der Waals surface area contributed by atoms with Gasteiger partial charge in [-0.25, -0.2) is 4.79 Å². The zero-order valence-corrected chi connectivity index (χ0v) is 20.8. The molecular weight excluding hydrogens is 471 g/mol. The van der Waals surface area contributed by atoms with Crippen molar-refractivity contribution in [2.45, 2.75) is 64.6 Å². The van der Waals surface area contributed by atoms with Gasteiger partial charge in [-0.2, -0.15) is 13.2 Å². The lowest BCUT2D eigenvalue weighted by Gasteiger charge is -2.58. The second-order valence-electron chi connectivity index (χ2n) is 11.5. The molecule has 1 aliphatic heterocycles. The molecule has 3 saturated carbocycles. The maximum absolute atomic E-state index is 12.7. The highest BCUT2D eigenvalue weighted by Crippen LogP contribution is 2.65. The predicted octanol–water partition coefficient (Wildman–Crippen LogP) is 5.54. The van der Waals surface area contributed by atoms with Gasteiger partial charge in [0.05, 0.1) is 12.2 Å². The number of rotatable bonds is 5. The Hall–Kier alpha value is -2.51. The molecule has 5 rings (SSSR count). The van der Waals surface area contributed by atoms with Crippen LogP contribution in [0.5, 0.6) is 5.75 Å². The van der Waals surface area contributed by atoms with Crippen LogP contribution in [0.25, 0.3) is 0 Å². The first-order valence-electron chi connectivity index (χ1n) is 13.0. The smallest absolute Gasteiger partial charge is 0.416 e. The van der Waals surface area contributed by atoms with Crippen LogP contribution in [-0.2, 0) is 20.5 Å². The molecule has 0 spiro atoms. The zero-order valence-electron chi connectivity index (χ0n) is 20.8. The molecule has 1 aromatic rings. The molecule has 1 heterocycles. The fourth-order valence-electron chi connectivity index (χ4n) is 7.83. The van der Waals surface area contributed by atoms with Crippen LogP contribution in [-0.4, -0.2) is 31.1 Å². The van der Waals surface area contributed by atoms with Crippen molar-refractivity contribution in [3.63, 3.8) is 0 Å². The predicted molar refractivity (Wildman–Crippen MR) is 127 cm³/mol. The third-order valence-electron chi connectivity index (χ3n) is 9.87. The highest BCUT2D eigenvalue weighted by atomic mass is 19.4. The second-order valence-corrected chi connectivity index (χ2v) is 11.5. The van der Waals surface area contributed by atoms with Gasteiger partial charge in [0.25, 0.3) is 0 Å². The van der Waals surface area contributed by atoms with Gasteiger partial charge < -0.3 is 14.8 Å². The van der Waals surface area contributed by atoms with Gasteiger partial charge in [-0.05, 0) is 98.0 Å². The Morgan fingerprint density at radius 3 is 2.53 bits per heavy atom. The summed E-state index contributed by atoms with van der Waals surface area (Å²) in [5.74, 6) is 1.72. The van der Waals surface area contributed by atoms with Crippen LogP contribution >= 0.6 is 0 Å². The zero-order chi connectivity index (χ0) is 25.7. The van der Waals surface area contributed by atoms with E-state index in [0.717, 1.165) is 50.7 Å². The number of fused-ring (bicyclic) bond motifs is 5. The maximum atomic E-state index is 12.7. The Bertz CT molecular complexity index is 1040. The Balaban J connectivity index is 1.16. The van der Waals surface area contributed by atoms with Crippen molar-refractivity contribution in [3.05, 3.63) is 42.0 Å². The molecule has 36 heavy (non-hydrogen) atoms. The Kier molecular flexibility index (Phi) is 6.36. The lowest BCUT2D eigenvalue weighted by Crippen LogP contribution is -2.59. The number of nitrogens with one attached hydrogen (secondary N) is 1. The van der Waals surface area contributed by atoms with E-state index in [2.05, 4.69) is 25.2 Å². The molecule has 1 amide bonds. The highest BCUT2D eigenvalue weighted by molar-refractivity contribution is 5.89. The van der Waals surface area contributed by atoms with E-state index in [4.69, 9.17) is 9.47 Å². The minimum Gasteiger partial charge on any atom is -0.482 e. The molecule has 0 bridgehead atoms. The maximum Gasteiger partial charge on any atom is 0.416 e. The molecule has 4 unspecified atom stereocenters. The third kappa shape index (κ3) is 4.41. The van der Waals surface area contributed by atoms with Gasteiger partial charge in [0.1, 0.15) is 5.75 Å². The van der Waals surface area contributed by atoms with Crippen LogP contribution in [0.15, 0.2) is 36.4 Å². The van der Waals surface area contributed by atoms with Crippen LogP contribution in [0.4, 0.5) is 13.2 Å². The molecule has 0 aromatic heterocycles. The average Bonchev–Trinajstić information content (AvgIpc) is 3.18. The van der Waals surface area contributed by atoms with Crippen molar-refractivity contribution < 1.29 is 32.2 Å². The SMILES string of the molecule is C[C@]12C=CC(=O)NC1CCC1C2CC[C@@]2(C)C1CC[C@@H]2COC(=O)COc1ccc(C(F)(F)F)cc1. The summed E-state index contributed by atoms with van der Waals surface area (Å²) in [4.78, 5) is 24.3. The van der Waals surface area contributed by atoms with Crippen LogP contribution in [0.3, 0.4) is 0 Å². The van der Waals surface area contributed by atoms with Gasteiger partial charge in [0.15, 0.2) is 6.61 Å². The summed E-state index contributed by atoms with van der Waals surface area (Å²) in [7, 11) is 0. The number of esters is 1. The van der Waals surface area contributed by atoms with E-state index in [1.807, 2.05) is 0 Å². The summed E-state index contributed by atoms with van der Waals surface area (Å²) in [6.07, 6.45) is 5.89. The highest BCUT2D eigenvalue weighted by Gasteiger charge is 2.59. The third-order valence-corrected chi connectivity index (χ3v) is 9.87. The number of carbonyl (C=O) groups is 2. The van der Waals surface area contributed by atoms with E-state index < -0.39 is 17.7 Å². The van der Waals surface area contributed by atoms with E-state index in [1.54, 1.807) is 6.08 Å². The monoisotopic (exact) mass is 505 g/mol. The topological polar surface area (TPSA) is 64.6 Å². The van der Waals surface area contributed by atoms with Gasteiger partial charge in [-0.1, -0.05) is 19.9 Å². The number of carbonyl (C=O) groups excluding carboxylic acids is 2. The minimum atomic E-state index is -4.41. The Morgan fingerprint density at radius 1 is 1.06 bits per heavy atom. The van der Waals surface area contributed by atoms with Crippen molar-refractivity contribution in [2.75, 3.05) is 13.2 Å². The number of halogens is 3. The molecule has 3 aliphatic carbocycles. The van der Waals surface area contributed by atoms with Crippen LogP contribution < -0.4 is 10.1 Å². The van der Waals surface area contributed by atoms with Crippen LogP contribution in [0.1, 0.15) is 57.9 Å². The fourth-order valence-corrected chi connectivity index (χ4v) is 7.83. The molecule has 1 N–H and O–H groups in total. The number of alkyl halides is 3. The molecular formula is C28H34F3NO4. The standard InChI is InChI=1S/C28H34F3NO4/c1-26-13-11-22-20(8-10-23-27(22,2)14-12-24(33)32-23)21(26)9-5-18(26)15-36-25(34)16-35-19-6-3-17(4-7-19)28(29,30)31/h3-4,6-7,12,14,18,20-23H,5,8-11,13,15-16H2,1-2H3,(H,32,33)/t18-,20?,21?,22?,23?,26-,27-/m1/s1. The summed E-state index contributed by atoms with van der Waals surface area (Å²) in [5, 5.41) is 3.19. The van der Waals surface area contributed by atoms with E-state index in [9.17, 15) is 22.8 Å². The first-order valence-corrected chi connectivity index (χ1v) is 13.0. The summed E-state index contributed by atoms with van der Waals surface area (Å²) in [6, 6.07) is 4.49. The number of benzene rings is 1. The first kappa shape index (κ1) is 25.2. The lowest BCUT2D eigenvalue weighted by molar-refractivity contribution is -0.150. The summed E-state index contributed by atoms with van der Waals surface area (Å²) >= 11 is 0. The van der Waals surface area contributed by atoms with Crippen molar-refractivity contribution in [3.8, 4) is 5.75 Å². The van der Waals surface area contributed by atoms with E-state index >= 15 is 0 Å². The molecule has 8 heteroatoms. The largest absolute Gasteiger partial charge is 0.482 e. The van der Waals surface area contributed by atoms with Gasteiger partial charge in [-0.15, -0.1) is 0 Å². The number of hydrogen-bond acceptors (Lipinski definition) is 4. The Morgan fingerprint density at radius 2 is 1.81 bits per heavy atom. The molecule has 4 aliphatic rings. The number of amides is 1. The van der Waals surface area contributed by atoms with Crippen molar-refractivity contribution in [1.29, 1.82) is 0 Å². The quantitative estimate of drug-likeness (QED) is 0.534.